The van der Waals surface area contributed by atoms with E-state index in [-0.39, 0.29) is 12.8 Å². The number of rotatable bonds is 8. The van der Waals surface area contributed by atoms with Crippen LogP contribution in [-0.4, -0.2) is 52.0 Å². The fraction of sp³-hybridized carbons (Fsp3) is 0.542. The summed E-state index contributed by atoms with van der Waals surface area (Å²) in [5.74, 6) is 0.303. The van der Waals surface area contributed by atoms with E-state index in [1.165, 1.54) is 11.9 Å². The fourth-order valence-corrected chi connectivity index (χ4v) is 3.92. The van der Waals surface area contributed by atoms with Crippen LogP contribution < -0.4 is 5.32 Å². The molecule has 1 N–H and O–H groups in total. The third kappa shape index (κ3) is 6.40. The van der Waals surface area contributed by atoms with Crippen LogP contribution in [0, 0.1) is 11.3 Å². The van der Waals surface area contributed by atoms with Gasteiger partial charge in [-0.25, -0.2) is 19.4 Å². The monoisotopic (exact) mass is 468 g/mol. The van der Waals surface area contributed by atoms with Crippen LogP contribution in [0.1, 0.15) is 58.4 Å². The Hall–Kier alpha value is -3.29. The number of hydrogen-bond acceptors (Lipinski definition) is 8. The van der Waals surface area contributed by atoms with Crippen molar-refractivity contribution in [1.82, 2.24) is 19.7 Å². The number of aromatic nitrogens is 4. The van der Waals surface area contributed by atoms with Gasteiger partial charge in [0.2, 0.25) is 0 Å². The summed E-state index contributed by atoms with van der Waals surface area (Å²) in [5.41, 5.74) is 3.46. The molecule has 1 aliphatic rings. The summed E-state index contributed by atoms with van der Waals surface area (Å²) in [6.07, 6.45) is 8.53. The van der Waals surface area contributed by atoms with Gasteiger partial charge in [0.25, 0.3) is 0 Å². The van der Waals surface area contributed by atoms with E-state index in [2.05, 4.69) is 26.5 Å². The predicted molar refractivity (Wildman–Crippen MR) is 127 cm³/mol. The molecule has 0 unspecified atom stereocenters. The Kier molecular flexibility index (Phi) is 8.36. The number of nitrogens with one attached hydrogen (secondary N) is 1. The molecule has 0 radical (unpaired) electrons. The summed E-state index contributed by atoms with van der Waals surface area (Å²) < 4.78 is 17.9. The summed E-state index contributed by atoms with van der Waals surface area (Å²) in [6.45, 7) is 5.37. The zero-order valence-corrected chi connectivity index (χ0v) is 20.4. The van der Waals surface area contributed by atoms with Gasteiger partial charge in [0.05, 0.1) is 30.1 Å². The van der Waals surface area contributed by atoms with Gasteiger partial charge in [-0.2, -0.15) is 10.4 Å². The molecule has 1 saturated carbocycles. The molecule has 1 aliphatic carbocycles. The van der Waals surface area contributed by atoms with Crippen LogP contribution in [0.5, 0.6) is 0 Å². The van der Waals surface area contributed by atoms with E-state index in [0.717, 1.165) is 36.9 Å². The number of methoxy groups -OCH3 is 2. The quantitative estimate of drug-likeness (QED) is 0.560. The number of amides is 1. The minimum absolute atomic E-state index is 0.283. The van der Waals surface area contributed by atoms with Gasteiger partial charge in [-0.3, -0.25) is 5.32 Å². The lowest BCUT2D eigenvalue weighted by molar-refractivity contribution is -0.100. The highest BCUT2D eigenvalue weighted by Crippen LogP contribution is 2.32. The number of ether oxygens (including phenoxy) is 3. The lowest BCUT2D eigenvalue weighted by Gasteiger charge is -2.21. The molecule has 2 heterocycles. The summed E-state index contributed by atoms with van der Waals surface area (Å²) in [6, 6.07) is 2.26. The number of anilines is 1. The van der Waals surface area contributed by atoms with Crippen molar-refractivity contribution in [2.75, 3.05) is 19.5 Å². The SMILES string of the molecule is COC(Cc1c(NC(=O)OC(C)(C)C)ncnc1-c1cnn(C(CC#N)=C2CCCC2)c1)OC. The molecule has 0 aliphatic heterocycles. The number of nitrogens with zero attached hydrogens (tertiary/aromatic N) is 5. The van der Waals surface area contributed by atoms with Gasteiger partial charge in [-0.15, -0.1) is 0 Å². The molecule has 0 atom stereocenters. The number of allylic oxidation sites excluding steroid dienone is 2. The Morgan fingerprint density at radius 3 is 2.56 bits per heavy atom. The van der Waals surface area contributed by atoms with Gasteiger partial charge in [-0.1, -0.05) is 0 Å². The van der Waals surface area contributed by atoms with Crippen molar-refractivity contribution in [1.29, 1.82) is 5.26 Å². The highest BCUT2D eigenvalue weighted by molar-refractivity contribution is 5.86. The second kappa shape index (κ2) is 11.2. The summed E-state index contributed by atoms with van der Waals surface area (Å²) in [4.78, 5) is 21.2. The molecular weight excluding hydrogens is 436 g/mol. The molecule has 3 rings (SSSR count). The van der Waals surface area contributed by atoms with Crippen molar-refractivity contribution in [3.05, 3.63) is 29.9 Å². The molecule has 2 aromatic heterocycles. The van der Waals surface area contributed by atoms with E-state index in [1.807, 2.05) is 6.20 Å². The van der Waals surface area contributed by atoms with E-state index in [9.17, 15) is 10.1 Å². The molecule has 0 spiro atoms. The minimum Gasteiger partial charge on any atom is -0.444 e. The smallest absolute Gasteiger partial charge is 0.413 e. The topological polar surface area (TPSA) is 124 Å². The Morgan fingerprint density at radius 2 is 1.94 bits per heavy atom. The highest BCUT2D eigenvalue weighted by atomic mass is 16.7. The molecule has 182 valence electrons. The Labute approximate surface area is 199 Å². The number of carbonyl (C=O) groups excluding carboxylic acids is 1. The largest absolute Gasteiger partial charge is 0.444 e. The third-order valence-corrected chi connectivity index (χ3v) is 5.46. The number of hydrogen-bond donors (Lipinski definition) is 1. The maximum absolute atomic E-state index is 12.5. The number of nitriles is 1. The Bertz CT molecular complexity index is 1070. The second-order valence-corrected chi connectivity index (χ2v) is 9.05. The fourth-order valence-electron chi connectivity index (χ4n) is 3.92. The van der Waals surface area contributed by atoms with Crippen LogP contribution in [-0.2, 0) is 20.6 Å². The number of carbonyl (C=O) groups is 1. The zero-order chi connectivity index (χ0) is 24.7. The van der Waals surface area contributed by atoms with Crippen LogP contribution in [0.4, 0.5) is 10.6 Å². The van der Waals surface area contributed by atoms with Crippen molar-refractivity contribution >= 4 is 17.6 Å². The molecule has 10 heteroatoms. The first-order chi connectivity index (χ1) is 16.3. The van der Waals surface area contributed by atoms with E-state index >= 15 is 0 Å². The van der Waals surface area contributed by atoms with Crippen molar-refractivity contribution in [2.24, 2.45) is 0 Å². The lowest BCUT2D eigenvalue weighted by Crippen LogP contribution is -2.28. The van der Waals surface area contributed by atoms with Crippen LogP contribution in [0.25, 0.3) is 17.0 Å². The van der Waals surface area contributed by atoms with Gasteiger partial charge in [0.15, 0.2) is 6.29 Å². The summed E-state index contributed by atoms with van der Waals surface area (Å²) in [7, 11) is 3.08. The van der Waals surface area contributed by atoms with Gasteiger partial charge in [0, 0.05) is 38.0 Å². The van der Waals surface area contributed by atoms with E-state index < -0.39 is 18.0 Å². The molecular formula is C24H32N6O4. The van der Waals surface area contributed by atoms with Crippen LogP contribution in [0.2, 0.25) is 0 Å². The van der Waals surface area contributed by atoms with Crippen molar-refractivity contribution in [3.63, 3.8) is 0 Å². The second-order valence-electron chi connectivity index (χ2n) is 9.05. The summed E-state index contributed by atoms with van der Waals surface area (Å²) >= 11 is 0. The van der Waals surface area contributed by atoms with Crippen LogP contribution in [0.3, 0.4) is 0 Å². The predicted octanol–water partition coefficient (Wildman–Crippen LogP) is 4.55. The van der Waals surface area contributed by atoms with E-state index in [4.69, 9.17) is 14.2 Å². The molecule has 1 amide bonds. The zero-order valence-electron chi connectivity index (χ0n) is 20.4. The highest BCUT2D eigenvalue weighted by Gasteiger charge is 2.23. The average molecular weight is 469 g/mol. The van der Waals surface area contributed by atoms with E-state index in [0.29, 0.717) is 17.1 Å². The van der Waals surface area contributed by atoms with Crippen LogP contribution in [0.15, 0.2) is 24.3 Å². The normalized spacial score (nSPS) is 13.7. The summed E-state index contributed by atoms with van der Waals surface area (Å²) in [5, 5.41) is 16.6. The first kappa shape index (κ1) is 25.3. The van der Waals surface area contributed by atoms with Gasteiger partial charge in [-0.05, 0) is 52.0 Å². The van der Waals surface area contributed by atoms with Crippen LogP contribution >= 0.6 is 0 Å². The van der Waals surface area contributed by atoms with Gasteiger partial charge in [0.1, 0.15) is 17.7 Å². The van der Waals surface area contributed by atoms with Crippen molar-refractivity contribution < 1.29 is 19.0 Å². The lowest BCUT2D eigenvalue weighted by atomic mass is 10.1. The van der Waals surface area contributed by atoms with Crippen molar-refractivity contribution in [2.45, 2.75) is 71.2 Å². The maximum Gasteiger partial charge on any atom is 0.413 e. The first-order valence-corrected chi connectivity index (χ1v) is 11.3. The third-order valence-electron chi connectivity index (χ3n) is 5.46. The van der Waals surface area contributed by atoms with E-state index in [1.54, 1.807) is 45.9 Å². The average Bonchev–Trinajstić information content (AvgIpc) is 3.48. The maximum atomic E-state index is 12.5. The standard InChI is InChI=1S/C24H32N6O4/c1-24(2,3)34-23(31)29-22-18(12-20(32-4)33-5)21(26-15-27-22)17-13-28-30(14-17)19(10-11-25)16-8-6-7-9-16/h13-15,20H,6-10,12H2,1-5H3,(H,26,27,29,31). The molecule has 1 fully saturated rings. The first-order valence-electron chi connectivity index (χ1n) is 11.3. The molecule has 34 heavy (non-hydrogen) atoms. The molecule has 0 bridgehead atoms. The minimum atomic E-state index is -0.659. The molecule has 0 saturated heterocycles. The van der Waals surface area contributed by atoms with Crippen molar-refractivity contribution in [3.8, 4) is 17.3 Å². The van der Waals surface area contributed by atoms with Gasteiger partial charge < -0.3 is 14.2 Å². The Morgan fingerprint density at radius 1 is 1.24 bits per heavy atom. The molecule has 2 aromatic rings. The Balaban J connectivity index is 2.01. The molecule has 0 aromatic carbocycles. The van der Waals surface area contributed by atoms with Gasteiger partial charge >= 0.3 is 6.09 Å². The molecule has 10 nitrogen and oxygen atoms in total.